The lowest BCUT2D eigenvalue weighted by atomic mass is 9.90. The highest BCUT2D eigenvalue weighted by Gasteiger charge is 2.31. The van der Waals surface area contributed by atoms with Gasteiger partial charge in [-0.2, -0.15) is 15.3 Å². The fraction of sp³-hybridized carbons (Fsp3) is 0.560. The zero-order valence-electron chi connectivity index (χ0n) is 19.4. The Balaban J connectivity index is 1.26. The van der Waals surface area contributed by atoms with Crippen LogP contribution in [0.25, 0.3) is 11.0 Å². The lowest BCUT2D eigenvalue weighted by molar-refractivity contribution is 0.0783. The molecule has 3 aromatic heterocycles. The first-order chi connectivity index (χ1) is 16.7. The molecule has 2 atom stereocenters. The molecule has 5 heterocycles. The van der Waals surface area contributed by atoms with Gasteiger partial charge in [-0.3, -0.25) is 14.0 Å². The monoisotopic (exact) mass is 458 g/mol. The maximum atomic E-state index is 13.0. The molecule has 1 N–H and O–H groups in total. The lowest BCUT2D eigenvalue weighted by Crippen LogP contribution is -2.45. The summed E-state index contributed by atoms with van der Waals surface area (Å²) >= 11 is 0. The summed E-state index contributed by atoms with van der Waals surface area (Å²) in [5.41, 5.74) is 1.32. The van der Waals surface area contributed by atoms with Crippen LogP contribution in [-0.2, 0) is 0 Å². The molecule has 176 valence electrons. The van der Waals surface area contributed by atoms with Crippen LogP contribution in [0.3, 0.4) is 0 Å². The van der Waals surface area contributed by atoms with Crippen LogP contribution in [0.15, 0.2) is 29.5 Å². The van der Waals surface area contributed by atoms with E-state index in [9.17, 15) is 10.1 Å². The third-order valence-corrected chi connectivity index (χ3v) is 7.86. The van der Waals surface area contributed by atoms with Gasteiger partial charge in [0.05, 0.1) is 17.9 Å². The molecule has 9 nitrogen and oxygen atoms in total. The van der Waals surface area contributed by atoms with Gasteiger partial charge in [0.15, 0.2) is 0 Å². The third kappa shape index (κ3) is 3.86. The molecule has 1 aliphatic carbocycles. The van der Waals surface area contributed by atoms with Crippen LogP contribution < -0.4 is 10.9 Å². The number of hydrogen-bond donors (Lipinski definition) is 1. The second kappa shape index (κ2) is 8.84. The minimum Gasteiger partial charge on any atom is -0.321 e. The van der Waals surface area contributed by atoms with Crippen LogP contribution in [0, 0.1) is 11.3 Å². The Morgan fingerprint density at radius 2 is 1.82 bits per heavy atom. The van der Waals surface area contributed by atoms with Crippen molar-refractivity contribution in [2.45, 2.75) is 75.9 Å². The zero-order valence-corrected chi connectivity index (χ0v) is 19.4. The second-order valence-corrected chi connectivity index (χ2v) is 9.95. The van der Waals surface area contributed by atoms with Gasteiger partial charge in [0, 0.05) is 36.4 Å². The average molecular weight is 459 g/mol. The maximum absolute atomic E-state index is 13.0. The highest BCUT2D eigenvalue weighted by Crippen LogP contribution is 2.33. The SMILES string of the molecule is N#Cc1cc2cnc(Nc3cnn(C4CCN5CCCCC5C4)c3)nc2n(C2CCCC2)c1=O. The van der Waals surface area contributed by atoms with Gasteiger partial charge in [0.1, 0.15) is 17.3 Å². The smallest absolute Gasteiger partial charge is 0.270 e. The van der Waals surface area contributed by atoms with Crippen molar-refractivity contribution in [3.8, 4) is 6.07 Å². The summed E-state index contributed by atoms with van der Waals surface area (Å²) in [4.78, 5) is 24.8. The maximum Gasteiger partial charge on any atom is 0.270 e. The van der Waals surface area contributed by atoms with E-state index in [-0.39, 0.29) is 17.2 Å². The molecule has 3 aromatic rings. The number of nitrogens with zero attached hydrogens (tertiary/aromatic N) is 7. The fourth-order valence-corrected chi connectivity index (χ4v) is 6.10. The molecule has 6 rings (SSSR count). The Hall–Kier alpha value is -3.25. The van der Waals surface area contributed by atoms with Gasteiger partial charge in [-0.15, -0.1) is 0 Å². The molecule has 0 spiro atoms. The van der Waals surface area contributed by atoms with Crippen molar-refractivity contribution < 1.29 is 0 Å². The number of piperidine rings is 2. The van der Waals surface area contributed by atoms with Gasteiger partial charge in [-0.25, -0.2) is 4.98 Å². The van der Waals surface area contributed by atoms with Crippen molar-refractivity contribution in [3.63, 3.8) is 0 Å². The summed E-state index contributed by atoms with van der Waals surface area (Å²) in [5, 5.41) is 18.1. The first-order valence-corrected chi connectivity index (χ1v) is 12.6. The molecule has 2 saturated heterocycles. The molecule has 2 aliphatic heterocycles. The summed E-state index contributed by atoms with van der Waals surface area (Å²) in [6, 6.07) is 4.82. The highest BCUT2D eigenvalue weighted by atomic mass is 16.1. The van der Waals surface area contributed by atoms with Crippen LogP contribution in [0.5, 0.6) is 0 Å². The summed E-state index contributed by atoms with van der Waals surface area (Å²) in [6.45, 7) is 2.39. The molecule has 0 bridgehead atoms. The Morgan fingerprint density at radius 1 is 1.00 bits per heavy atom. The van der Waals surface area contributed by atoms with Gasteiger partial charge in [0.2, 0.25) is 5.95 Å². The molecule has 0 aromatic carbocycles. The van der Waals surface area contributed by atoms with Gasteiger partial charge in [0.25, 0.3) is 5.56 Å². The number of pyridine rings is 1. The Kier molecular flexibility index (Phi) is 5.53. The van der Waals surface area contributed by atoms with Crippen molar-refractivity contribution in [3.05, 3.63) is 40.6 Å². The number of hydrogen-bond acceptors (Lipinski definition) is 7. The van der Waals surface area contributed by atoms with E-state index in [1.54, 1.807) is 16.8 Å². The normalized spacial score (nSPS) is 23.6. The molecule has 3 fully saturated rings. The van der Waals surface area contributed by atoms with Gasteiger partial charge in [-0.05, 0) is 51.1 Å². The van der Waals surface area contributed by atoms with E-state index in [0.717, 1.165) is 50.8 Å². The molecular weight excluding hydrogens is 428 g/mol. The minimum atomic E-state index is -0.256. The molecule has 2 unspecified atom stereocenters. The summed E-state index contributed by atoms with van der Waals surface area (Å²) < 4.78 is 3.80. The fourth-order valence-electron chi connectivity index (χ4n) is 6.10. The van der Waals surface area contributed by atoms with E-state index in [1.807, 2.05) is 18.5 Å². The number of rotatable bonds is 4. The number of aromatic nitrogens is 5. The van der Waals surface area contributed by atoms with Gasteiger partial charge in [-0.1, -0.05) is 19.3 Å². The van der Waals surface area contributed by atoms with Crippen molar-refractivity contribution in [1.82, 2.24) is 29.2 Å². The average Bonchev–Trinajstić information content (AvgIpc) is 3.56. The molecule has 3 aliphatic rings. The van der Waals surface area contributed by atoms with E-state index in [2.05, 4.69) is 25.0 Å². The molecular formula is C25H30N8O. The van der Waals surface area contributed by atoms with E-state index in [4.69, 9.17) is 4.98 Å². The predicted octanol–water partition coefficient (Wildman–Crippen LogP) is 3.91. The minimum absolute atomic E-state index is 0.0828. The van der Waals surface area contributed by atoms with E-state index < -0.39 is 0 Å². The Labute approximate surface area is 198 Å². The Bertz CT molecular complexity index is 1300. The van der Waals surface area contributed by atoms with E-state index in [0.29, 0.717) is 29.1 Å². The zero-order chi connectivity index (χ0) is 23.1. The van der Waals surface area contributed by atoms with E-state index in [1.165, 1.54) is 25.8 Å². The first kappa shape index (κ1) is 21.3. The molecule has 0 amide bonds. The second-order valence-electron chi connectivity index (χ2n) is 9.95. The predicted molar refractivity (Wildman–Crippen MR) is 129 cm³/mol. The molecule has 0 radical (unpaired) electrons. The van der Waals surface area contributed by atoms with Gasteiger partial charge >= 0.3 is 0 Å². The van der Waals surface area contributed by atoms with Crippen molar-refractivity contribution in [1.29, 1.82) is 5.26 Å². The summed E-state index contributed by atoms with van der Waals surface area (Å²) in [7, 11) is 0. The van der Waals surface area contributed by atoms with Crippen LogP contribution in [0.1, 0.15) is 75.4 Å². The highest BCUT2D eigenvalue weighted by molar-refractivity contribution is 5.77. The quantitative estimate of drug-likeness (QED) is 0.632. The Morgan fingerprint density at radius 3 is 2.68 bits per heavy atom. The number of anilines is 2. The van der Waals surface area contributed by atoms with Crippen molar-refractivity contribution in [2.24, 2.45) is 0 Å². The summed E-state index contributed by atoms with van der Waals surface area (Å²) in [5.74, 6) is 0.435. The van der Waals surface area contributed by atoms with E-state index >= 15 is 0 Å². The standard InChI is InChI=1S/C25H30N8O/c26-13-17-11-18-14-27-25(30-23(18)33(24(17)34)20-5-1-2-6-20)29-19-15-28-32(16-19)22-8-10-31-9-4-3-7-21(31)12-22/h11,14-16,20-22H,1-10,12H2,(H,27,29,30). The van der Waals surface area contributed by atoms with Crippen LogP contribution in [-0.4, -0.2) is 48.3 Å². The topological polar surface area (TPSA) is 105 Å². The molecule has 9 heteroatoms. The number of nitrogens with one attached hydrogen (secondary N) is 1. The van der Waals surface area contributed by atoms with Gasteiger partial charge < -0.3 is 10.2 Å². The first-order valence-electron chi connectivity index (χ1n) is 12.6. The largest absolute Gasteiger partial charge is 0.321 e. The van der Waals surface area contributed by atoms with Crippen LogP contribution in [0.4, 0.5) is 11.6 Å². The molecule has 34 heavy (non-hydrogen) atoms. The number of nitriles is 1. The third-order valence-electron chi connectivity index (χ3n) is 7.86. The van der Waals surface area contributed by atoms with Crippen molar-refractivity contribution in [2.75, 3.05) is 18.4 Å². The van der Waals surface area contributed by atoms with Crippen molar-refractivity contribution >= 4 is 22.7 Å². The number of fused-ring (bicyclic) bond motifs is 2. The van der Waals surface area contributed by atoms with Crippen LogP contribution >= 0.6 is 0 Å². The molecule has 1 saturated carbocycles. The lowest BCUT2D eigenvalue weighted by Gasteiger charge is -2.42. The summed E-state index contributed by atoms with van der Waals surface area (Å²) in [6.07, 6.45) is 15.8. The van der Waals surface area contributed by atoms with Crippen LogP contribution in [0.2, 0.25) is 0 Å².